The molecular weight excluding hydrogens is 290 g/mol. The first-order valence-electron chi connectivity index (χ1n) is 8.19. The van der Waals surface area contributed by atoms with E-state index in [1.54, 1.807) is 24.3 Å². The molecule has 5 nitrogen and oxygen atoms in total. The third kappa shape index (κ3) is 3.21. The molecule has 5 heteroatoms. The molecule has 120 valence electrons. The van der Waals surface area contributed by atoms with Crippen molar-refractivity contribution in [3.63, 3.8) is 0 Å². The van der Waals surface area contributed by atoms with Crippen LogP contribution < -0.4 is 10.6 Å². The van der Waals surface area contributed by atoms with Crippen LogP contribution in [0.5, 0.6) is 0 Å². The highest BCUT2D eigenvalue weighted by molar-refractivity contribution is 6.39. The first kappa shape index (κ1) is 15.5. The molecule has 1 aromatic rings. The van der Waals surface area contributed by atoms with E-state index in [2.05, 4.69) is 10.6 Å². The Balaban J connectivity index is 1.57. The molecule has 2 fully saturated rings. The number of nitrogens with one attached hydrogen (secondary N) is 2. The summed E-state index contributed by atoms with van der Waals surface area (Å²) in [6.45, 7) is 1.99. The van der Waals surface area contributed by atoms with Gasteiger partial charge in [-0.1, -0.05) is 18.6 Å². The van der Waals surface area contributed by atoms with Crippen molar-refractivity contribution in [1.82, 2.24) is 5.32 Å². The van der Waals surface area contributed by atoms with Gasteiger partial charge in [-0.3, -0.25) is 9.59 Å². The predicted molar refractivity (Wildman–Crippen MR) is 86.3 cm³/mol. The SMILES string of the molecule is CC(NC(=O)C(=O)Nc1ccccc1C#N)C1CC2CCC1C2. The molecule has 0 spiro atoms. The summed E-state index contributed by atoms with van der Waals surface area (Å²) in [6, 6.07) is 8.65. The van der Waals surface area contributed by atoms with E-state index < -0.39 is 11.8 Å². The van der Waals surface area contributed by atoms with Crippen molar-refractivity contribution in [2.24, 2.45) is 17.8 Å². The largest absolute Gasteiger partial charge is 0.345 e. The van der Waals surface area contributed by atoms with Crippen molar-refractivity contribution in [2.45, 2.75) is 38.6 Å². The van der Waals surface area contributed by atoms with Gasteiger partial charge in [0.1, 0.15) is 6.07 Å². The number of fused-ring (bicyclic) bond motifs is 2. The Morgan fingerprint density at radius 1 is 1.22 bits per heavy atom. The number of amides is 2. The minimum absolute atomic E-state index is 0.00904. The van der Waals surface area contributed by atoms with Gasteiger partial charge < -0.3 is 10.6 Å². The van der Waals surface area contributed by atoms with Crippen LogP contribution in [-0.4, -0.2) is 17.9 Å². The van der Waals surface area contributed by atoms with Crippen molar-refractivity contribution < 1.29 is 9.59 Å². The van der Waals surface area contributed by atoms with Gasteiger partial charge in [0.15, 0.2) is 0 Å². The number of carbonyl (C=O) groups excluding carboxylic acids is 2. The Labute approximate surface area is 136 Å². The number of benzene rings is 1. The van der Waals surface area contributed by atoms with Crippen molar-refractivity contribution in [3.8, 4) is 6.07 Å². The predicted octanol–water partition coefficient (Wildman–Crippen LogP) is 2.44. The van der Waals surface area contributed by atoms with Crippen molar-refractivity contribution in [3.05, 3.63) is 29.8 Å². The van der Waals surface area contributed by atoms with Gasteiger partial charge in [-0.05, 0) is 56.1 Å². The molecule has 2 bridgehead atoms. The number of hydrogen-bond donors (Lipinski definition) is 2. The minimum Gasteiger partial charge on any atom is -0.345 e. The van der Waals surface area contributed by atoms with Gasteiger partial charge in [0.25, 0.3) is 0 Å². The maximum Gasteiger partial charge on any atom is 0.313 e. The summed E-state index contributed by atoms with van der Waals surface area (Å²) in [6.07, 6.45) is 4.99. The molecule has 2 amide bonds. The number of carbonyl (C=O) groups is 2. The van der Waals surface area contributed by atoms with Gasteiger partial charge in [0, 0.05) is 6.04 Å². The standard InChI is InChI=1S/C18H21N3O2/c1-11(15-9-12-6-7-13(15)8-12)20-17(22)18(23)21-16-5-3-2-4-14(16)10-19/h2-5,11-13,15H,6-9H2,1H3,(H,20,22)(H,21,23). The lowest BCUT2D eigenvalue weighted by Crippen LogP contribution is -2.45. The Hall–Kier alpha value is -2.35. The lowest BCUT2D eigenvalue weighted by Gasteiger charge is -2.28. The van der Waals surface area contributed by atoms with Crippen LogP contribution in [0.3, 0.4) is 0 Å². The number of anilines is 1. The van der Waals surface area contributed by atoms with Crippen LogP contribution >= 0.6 is 0 Å². The highest BCUT2D eigenvalue weighted by Crippen LogP contribution is 2.49. The lowest BCUT2D eigenvalue weighted by atomic mass is 9.84. The van der Waals surface area contributed by atoms with Gasteiger partial charge in [-0.25, -0.2) is 0 Å². The van der Waals surface area contributed by atoms with E-state index in [9.17, 15) is 9.59 Å². The number of nitrogens with zero attached hydrogens (tertiary/aromatic N) is 1. The molecule has 2 N–H and O–H groups in total. The number of nitriles is 1. The van der Waals surface area contributed by atoms with Crippen molar-refractivity contribution >= 4 is 17.5 Å². The van der Waals surface area contributed by atoms with Crippen LogP contribution in [0, 0.1) is 29.1 Å². The van der Waals surface area contributed by atoms with E-state index in [-0.39, 0.29) is 6.04 Å². The van der Waals surface area contributed by atoms with Crippen LogP contribution in [0.1, 0.15) is 38.2 Å². The molecule has 0 aromatic heterocycles. The van der Waals surface area contributed by atoms with Crippen LogP contribution in [0.2, 0.25) is 0 Å². The molecule has 23 heavy (non-hydrogen) atoms. The minimum atomic E-state index is -0.720. The zero-order valence-corrected chi connectivity index (χ0v) is 13.2. The molecule has 0 aliphatic heterocycles. The molecule has 1 aromatic carbocycles. The van der Waals surface area contributed by atoms with Crippen molar-refractivity contribution in [2.75, 3.05) is 5.32 Å². The third-order valence-electron chi connectivity index (χ3n) is 5.30. The number of hydrogen-bond acceptors (Lipinski definition) is 3. The molecular formula is C18H21N3O2. The fraction of sp³-hybridized carbons (Fsp3) is 0.500. The number of rotatable bonds is 3. The summed E-state index contributed by atoms with van der Waals surface area (Å²) in [7, 11) is 0. The fourth-order valence-electron chi connectivity index (χ4n) is 4.15. The summed E-state index contributed by atoms with van der Waals surface area (Å²) >= 11 is 0. The van der Waals surface area contributed by atoms with E-state index >= 15 is 0 Å². The molecule has 0 heterocycles. The second kappa shape index (κ2) is 6.41. The lowest BCUT2D eigenvalue weighted by molar-refractivity contribution is -0.136. The summed E-state index contributed by atoms with van der Waals surface area (Å²) < 4.78 is 0. The van der Waals surface area contributed by atoms with E-state index in [1.165, 1.54) is 19.3 Å². The van der Waals surface area contributed by atoms with Gasteiger partial charge in [0.05, 0.1) is 11.3 Å². The average molecular weight is 311 g/mol. The van der Waals surface area contributed by atoms with E-state index in [1.807, 2.05) is 13.0 Å². The topological polar surface area (TPSA) is 82.0 Å². The van der Waals surface area contributed by atoms with Gasteiger partial charge >= 0.3 is 11.8 Å². The van der Waals surface area contributed by atoms with Gasteiger partial charge in [0.2, 0.25) is 0 Å². The molecule has 0 radical (unpaired) electrons. The number of para-hydroxylation sites is 1. The highest BCUT2D eigenvalue weighted by atomic mass is 16.2. The quantitative estimate of drug-likeness (QED) is 0.841. The summed E-state index contributed by atoms with van der Waals surface area (Å²) in [5.74, 6) is 0.631. The molecule has 4 atom stereocenters. The Kier molecular flexibility index (Phi) is 4.33. The first-order valence-corrected chi connectivity index (χ1v) is 8.19. The molecule has 2 aliphatic rings. The van der Waals surface area contributed by atoms with E-state index in [4.69, 9.17) is 5.26 Å². The Morgan fingerprint density at radius 2 is 2.00 bits per heavy atom. The highest BCUT2D eigenvalue weighted by Gasteiger charge is 2.42. The van der Waals surface area contributed by atoms with Crippen LogP contribution in [-0.2, 0) is 9.59 Å². The fourth-order valence-corrected chi connectivity index (χ4v) is 4.15. The summed E-state index contributed by atoms with van der Waals surface area (Å²) in [5.41, 5.74) is 0.706. The van der Waals surface area contributed by atoms with Gasteiger partial charge in [-0.2, -0.15) is 5.26 Å². The zero-order chi connectivity index (χ0) is 16.4. The van der Waals surface area contributed by atoms with Crippen LogP contribution in [0.25, 0.3) is 0 Å². The first-order chi connectivity index (χ1) is 11.1. The van der Waals surface area contributed by atoms with E-state index in [0.717, 1.165) is 12.3 Å². The Bertz CT molecular complexity index is 664. The van der Waals surface area contributed by atoms with Crippen molar-refractivity contribution in [1.29, 1.82) is 5.26 Å². The molecule has 2 saturated carbocycles. The summed E-state index contributed by atoms with van der Waals surface area (Å²) in [4.78, 5) is 24.2. The van der Waals surface area contributed by atoms with Crippen LogP contribution in [0.15, 0.2) is 24.3 Å². The maximum absolute atomic E-state index is 12.1. The summed E-state index contributed by atoms with van der Waals surface area (Å²) in [5, 5.41) is 14.4. The maximum atomic E-state index is 12.1. The zero-order valence-electron chi connectivity index (χ0n) is 13.2. The van der Waals surface area contributed by atoms with E-state index in [0.29, 0.717) is 23.1 Å². The Morgan fingerprint density at radius 3 is 2.65 bits per heavy atom. The third-order valence-corrected chi connectivity index (χ3v) is 5.30. The molecule has 3 rings (SSSR count). The molecule has 2 aliphatic carbocycles. The average Bonchev–Trinajstić information content (AvgIpc) is 3.18. The normalized spacial score (nSPS) is 26.3. The monoisotopic (exact) mass is 311 g/mol. The van der Waals surface area contributed by atoms with Crippen LogP contribution in [0.4, 0.5) is 5.69 Å². The smallest absolute Gasteiger partial charge is 0.313 e. The second-order valence-electron chi connectivity index (χ2n) is 6.71. The van der Waals surface area contributed by atoms with Gasteiger partial charge in [-0.15, -0.1) is 0 Å². The second-order valence-corrected chi connectivity index (χ2v) is 6.71. The molecule has 4 unspecified atom stereocenters. The molecule has 0 saturated heterocycles.